The Morgan fingerprint density at radius 2 is 2.05 bits per heavy atom. The van der Waals surface area contributed by atoms with Gasteiger partial charge in [-0.15, -0.1) is 0 Å². The third kappa shape index (κ3) is 2.33. The molecule has 0 N–H and O–H groups in total. The lowest BCUT2D eigenvalue weighted by Gasteiger charge is -2.27. The first-order chi connectivity index (χ1) is 9.72. The Balaban J connectivity index is 1.85. The van der Waals surface area contributed by atoms with E-state index in [1.54, 1.807) is 14.2 Å². The van der Waals surface area contributed by atoms with Crippen molar-refractivity contribution in [2.45, 2.75) is 25.3 Å². The molecular formula is C16H24N2O2. The molecule has 1 saturated heterocycles. The lowest BCUT2D eigenvalue weighted by molar-refractivity contribution is 0.312. The largest absolute Gasteiger partial charge is 0.497 e. The fourth-order valence-corrected chi connectivity index (χ4v) is 3.46. The molecule has 0 aliphatic carbocycles. The zero-order valence-corrected chi connectivity index (χ0v) is 12.7. The molecule has 0 aromatic heterocycles. The number of hydrogen-bond acceptors (Lipinski definition) is 4. The van der Waals surface area contributed by atoms with Gasteiger partial charge in [0.1, 0.15) is 11.5 Å². The van der Waals surface area contributed by atoms with E-state index in [-0.39, 0.29) is 0 Å². The van der Waals surface area contributed by atoms with Crippen LogP contribution in [-0.4, -0.2) is 51.8 Å². The maximum absolute atomic E-state index is 5.52. The Bertz CT molecular complexity index is 490. The molecule has 0 radical (unpaired) electrons. The first-order valence-electron chi connectivity index (χ1n) is 7.43. The van der Waals surface area contributed by atoms with Gasteiger partial charge < -0.3 is 19.3 Å². The van der Waals surface area contributed by atoms with Gasteiger partial charge in [0.25, 0.3) is 0 Å². The van der Waals surface area contributed by atoms with E-state index in [2.05, 4.69) is 22.9 Å². The van der Waals surface area contributed by atoms with Gasteiger partial charge in [0.05, 0.1) is 14.2 Å². The van der Waals surface area contributed by atoms with Crippen molar-refractivity contribution in [3.63, 3.8) is 0 Å². The van der Waals surface area contributed by atoms with Crippen LogP contribution < -0.4 is 14.4 Å². The Morgan fingerprint density at radius 3 is 2.70 bits per heavy atom. The van der Waals surface area contributed by atoms with Crippen LogP contribution in [-0.2, 0) is 6.42 Å². The number of nitrogens with zero attached hydrogens (tertiary/aromatic N) is 2. The molecule has 3 rings (SSSR count). The van der Waals surface area contributed by atoms with Crippen LogP contribution in [0.2, 0.25) is 0 Å². The quantitative estimate of drug-likeness (QED) is 0.841. The molecule has 110 valence electrons. The van der Waals surface area contributed by atoms with Crippen LogP contribution in [0.4, 0.5) is 5.69 Å². The van der Waals surface area contributed by atoms with Crippen molar-refractivity contribution in [2.24, 2.45) is 0 Å². The first kappa shape index (κ1) is 13.6. The molecule has 1 aromatic carbocycles. The molecule has 0 spiro atoms. The molecule has 1 atom stereocenters. The van der Waals surface area contributed by atoms with Gasteiger partial charge in [-0.1, -0.05) is 0 Å². The Hall–Kier alpha value is -1.42. The normalized spacial score (nSPS) is 22.1. The second-order valence-electron chi connectivity index (χ2n) is 5.80. The minimum atomic E-state index is 0.679. The van der Waals surface area contributed by atoms with Gasteiger partial charge in [-0.05, 0) is 32.9 Å². The maximum Gasteiger partial charge on any atom is 0.127 e. The Kier molecular flexibility index (Phi) is 3.74. The summed E-state index contributed by atoms with van der Waals surface area (Å²) in [7, 11) is 5.69. The zero-order chi connectivity index (χ0) is 14.1. The van der Waals surface area contributed by atoms with Crippen molar-refractivity contribution < 1.29 is 9.47 Å². The summed E-state index contributed by atoms with van der Waals surface area (Å²) in [5.74, 6) is 1.84. The van der Waals surface area contributed by atoms with Gasteiger partial charge in [0, 0.05) is 42.5 Å². The number of likely N-dealkylation sites (N-methyl/N-ethyl adjacent to an activating group) is 1. The molecule has 20 heavy (non-hydrogen) atoms. The standard InChI is InChI=1S/C16H24N2O2/c1-17-7-4-5-12(17)11-18-8-6-14-15(18)9-13(19-2)10-16(14)20-3/h9-10,12H,4-8,11H2,1-3H3/t12-/m1/s1. The first-order valence-corrected chi connectivity index (χ1v) is 7.43. The van der Waals surface area contributed by atoms with Crippen LogP contribution in [0.15, 0.2) is 12.1 Å². The highest BCUT2D eigenvalue weighted by atomic mass is 16.5. The molecule has 1 aromatic rings. The highest BCUT2D eigenvalue weighted by molar-refractivity contribution is 5.66. The minimum Gasteiger partial charge on any atom is -0.497 e. The number of likely N-dealkylation sites (tertiary alicyclic amines) is 1. The zero-order valence-electron chi connectivity index (χ0n) is 12.7. The fraction of sp³-hybridized carbons (Fsp3) is 0.625. The topological polar surface area (TPSA) is 24.9 Å². The molecule has 0 amide bonds. The van der Waals surface area contributed by atoms with Crippen molar-refractivity contribution in [2.75, 3.05) is 45.8 Å². The smallest absolute Gasteiger partial charge is 0.127 e. The van der Waals surface area contributed by atoms with Crippen molar-refractivity contribution in [3.8, 4) is 11.5 Å². The third-order valence-electron chi connectivity index (χ3n) is 4.69. The van der Waals surface area contributed by atoms with Crippen molar-refractivity contribution in [3.05, 3.63) is 17.7 Å². The van der Waals surface area contributed by atoms with E-state index >= 15 is 0 Å². The fourth-order valence-electron chi connectivity index (χ4n) is 3.46. The summed E-state index contributed by atoms with van der Waals surface area (Å²) in [5, 5.41) is 0. The molecule has 0 unspecified atom stereocenters. The number of fused-ring (bicyclic) bond motifs is 1. The molecule has 0 bridgehead atoms. The van der Waals surface area contributed by atoms with Crippen LogP contribution in [0.1, 0.15) is 18.4 Å². The molecule has 0 saturated carbocycles. The van der Waals surface area contributed by atoms with Crippen molar-refractivity contribution >= 4 is 5.69 Å². The Morgan fingerprint density at radius 1 is 1.20 bits per heavy atom. The third-order valence-corrected chi connectivity index (χ3v) is 4.69. The molecule has 4 heteroatoms. The van der Waals surface area contributed by atoms with Gasteiger partial charge in [-0.3, -0.25) is 0 Å². The van der Waals surface area contributed by atoms with Gasteiger partial charge in [0.2, 0.25) is 0 Å². The Labute approximate surface area is 121 Å². The number of hydrogen-bond donors (Lipinski definition) is 0. The second-order valence-corrected chi connectivity index (χ2v) is 5.80. The van der Waals surface area contributed by atoms with E-state index in [1.165, 1.54) is 30.6 Å². The van der Waals surface area contributed by atoms with E-state index in [0.717, 1.165) is 31.0 Å². The van der Waals surface area contributed by atoms with Crippen LogP contribution in [0.25, 0.3) is 0 Å². The van der Waals surface area contributed by atoms with Gasteiger partial charge in [-0.2, -0.15) is 0 Å². The number of ether oxygens (including phenoxy) is 2. The van der Waals surface area contributed by atoms with Crippen LogP contribution >= 0.6 is 0 Å². The number of rotatable bonds is 4. The molecule has 2 aliphatic heterocycles. The lowest BCUT2D eigenvalue weighted by atomic mass is 10.1. The highest BCUT2D eigenvalue weighted by Crippen LogP contribution is 2.39. The van der Waals surface area contributed by atoms with Crippen LogP contribution in [0.3, 0.4) is 0 Å². The van der Waals surface area contributed by atoms with Crippen molar-refractivity contribution in [1.29, 1.82) is 0 Å². The van der Waals surface area contributed by atoms with Gasteiger partial charge in [-0.25, -0.2) is 0 Å². The maximum atomic E-state index is 5.52. The summed E-state index contributed by atoms with van der Waals surface area (Å²) in [5.41, 5.74) is 2.62. The molecule has 4 nitrogen and oxygen atoms in total. The van der Waals surface area contributed by atoms with Crippen molar-refractivity contribution in [1.82, 2.24) is 4.90 Å². The van der Waals surface area contributed by atoms with Gasteiger partial charge in [0.15, 0.2) is 0 Å². The summed E-state index contributed by atoms with van der Waals surface area (Å²) in [6.07, 6.45) is 3.70. The average molecular weight is 276 g/mol. The van der Waals surface area contributed by atoms with Crippen LogP contribution in [0.5, 0.6) is 11.5 Å². The summed E-state index contributed by atoms with van der Waals surface area (Å²) in [6.45, 7) is 3.43. The minimum absolute atomic E-state index is 0.679. The van der Waals surface area contributed by atoms with E-state index in [4.69, 9.17) is 9.47 Å². The molecule has 1 fully saturated rings. The predicted molar refractivity (Wildman–Crippen MR) is 81.1 cm³/mol. The van der Waals surface area contributed by atoms with E-state index < -0.39 is 0 Å². The van der Waals surface area contributed by atoms with E-state index in [0.29, 0.717) is 6.04 Å². The number of methoxy groups -OCH3 is 2. The average Bonchev–Trinajstić information content (AvgIpc) is 3.06. The monoisotopic (exact) mass is 276 g/mol. The summed E-state index contributed by atoms with van der Waals surface area (Å²) < 4.78 is 10.9. The summed E-state index contributed by atoms with van der Waals surface area (Å²) >= 11 is 0. The SMILES string of the molecule is COc1cc(OC)c2c(c1)N(C[C@H]1CCCN1C)CC2. The second kappa shape index (κ2) is 5.52. The number of benzene rings is 1. The van der Waals surface area contributed by atoms with E-state index in [9.17, 15) is 0 Å². The predicted octanol–water partition coefficient (Wildman–Crippen LogP) is 2.16. The molecule has 2 aliphatic rings. The van der Waals surface area contributed by atoms with Crippen LogP contribution in [0, 0.1) is 0 Å². The lowest BCUT2D eigenvalue weighted by Crippen LogP contribution is -2.37. The summed E-state index contributed by atoms with van der Waals surface area (Å²) in [6, 6.07) is 4.82. The molecule has 2 heterocycles. The highest BCUT2D eigenvalue weighted by Gasteiger charge is 2.29. The van der Waals surface area contributed by atoms with E-state index in [1.807, 2.05) is 6.07 Å². The van der Waals surface area contributed by atoms with Gasteiger partial charge >= 0.3 is 0 Å². The summed E-state index contributed by atoms with van der Waals surface area (Å²) in [4.78, 5) is 4.97. The number of anilines is 1. The molecular weight excluding hydrogens is 252 g/mol.